The van der Waals surface area contributed by atoms with E-state index in [1.807, 2.05) is 36.4 Å². The topological polar surface area (TPSA) is 63.6 Å². The second-order valence-electron chi connectivity index (χ2n) is 8.66. The van der Waals surface area contributed by atoms with Crippen molar-refractivity contribution in [1.82, 2.24) is 9.47 Å². The summed E-state index contributed by atoms with van der Waals surface area (Å²) in [5.41, 5.74) is 2.37. The summed E-state index contributed by atoms with van der Waals surface area (Å²) in [6.07, 6.45) is -3.87. The molecule has 1 aromatic heterocycles. The van der Waals surface area contributed by atoms with E-state index >= 15 is 0 Å². The van der Waals surface area contributed by atoms with Crippen molar-refractivity contribution in [3.05, 3.63) is 82.8 Å². The molecule has 0 spiro atoms. The van der Waals surface area contributed by atoms with Crippen LogP contribution in [-0.4, -0.2) is 34.9 Å². The molecule has 6 nitrogen and oxygen atoms in total. The quantitative estimate of drug-likeness (QED) is 0.583. The third kappa shape index (κ3) is 4.50. The van der Waals surface area contributed by atoms with Crippen LogP contribution < -0.4 is 15.6 Å². The van der Waals surface area contributed by atoms with Crippen LogP contribution in [0.3, 0.4) is 0 Å². The number of carbonyl (C=O) groups excluding carboxylic acids is 1. The number of pyridine rings is 1. The van der Waals surface area contributed by atoms with E-state index in [1.165, 1.54) is 24.3 Å². The molecule has 1 N–H and O–H groups in total. The first-order chi connectivity index (χ1) is 16.3. The molecule has 1 fully saturated rings. The molecule has 9 heteroatoms. The number of urea groups is 1. The zero-order valence-electron chi connectivity index (χ0n) is 18.1. The third-order valence-corrected chi connectivity index (χ3v) is 6.32. The standard InChI is InChI=1S/C25H22F3N3O3/c26-25(27,28)34-20-8-6-17(7-9-20)21-10-11-22-18-12-16(14-31(22)23(21)32)13-30(15-18)24(33)29-19-4-2-1-3-5-19/h1-11,16,18H,12-15H2,(H,29,33). The van der Waals surface area contributed by atoms with E-state index in [4.69, 9.17) is 0 Å². The number of amides is 2. The molecule has 2 aliphatic heterocycles. The minimum absolute atomic E-state index is 0.0401. The number of alkyl halides is 3. The lowest BCUT2D eigenvalue weighted by Gasteiger charge is -2.42. The number of likely N-dealkylation sites (tertiary alicyclic amines) is 1. The van der Waals surface area contributed by atoms with Crippen LogP contribution >= 0.6 is 0 Å². The van der Waals surface area contributed by atoms with Crippen LogP contribution in [0.5, 0.6) is 5.75 Å². The summed E-state index contributed by atoms with van der Waals surface area (Å²) < 4.78 is 42.9. The van der Waals surface area contributed by atoms with Crippen molar-refractivity contribution in [1.29, 1.82) is 0 Å². The van der Waals surface area contributed by atoms with Crippen molar-refractivity contribution in [3.63, 3.8) is 0 Å². The highest BCUT2D eigenvalue weighted by atomic mass is 19.4. The van der Waals surface area contributed by atoms with Crippen LogP contribution in [0.1, 0.15) is 18.0 Å². The van der Waals surface area contributed by atoms with Crippen LogP contribution in [0.25, 0.3) is 11.1 Å². The van der Waals surface area contributed by atoms with Gasteiger partial charge in [0.1, 0.15) is 5.75 Å². The van der Waals surface area contributed by atoms with Crippen LogP contribution in [0, 0.1) is 5.92 Å². The molecule has 2 aromatic carbocycles. The zero-order valence-corrected chi connectivity index (χ0v) is 18.1. The number of anilines is 1. The summed E-state index contributed by atoms with van der Waals surface area (Å²) in [6, 6.07) is 18.0. The number of nitrogens with zero attached hydrogens (tertiary/aromatic N) is 2. The maximum atomic E-state index is 13.3. The fourth-order valence-corrected chi connectivity index (χ4v) is 4.89. The second-order valence-corrected chi connectivity index (χ2v) is 8.66. The summed E-state index contributed by atoms with van der Waals surface area (Å²) in [7, 11) is 0. The van der Waals surface area contributed by atoms with E-state index in [2.05, 4.69) is 10.1 Å². The number of ether oxygens (including phenoxy) is 1. The molecule has 0 radical (unpaired) electrons. The monoisotopic (exact) mass is 469 g/mol. The minimum atomic E-state index is -4.77. The molecule has 2 unspecified atom stereocenters. The number of para-hydroxylation sites is 1. The SMILES string of the molecule is O=C(Nc1ccccc1)N1CC2CC(C1)c1ccc(-c3ccc(OC(F)(F)F)cc3)c(=O)n1C2. The average molecular weight is 469 g/mol. The number of fused-ring (bicyclic) bond motifs is 4. The average Bonchev–Trinajstić information content (AvgIpc) is 2.80. The Hall–Kier alpha value is -3.75. The summed E-state index contributed by atoms with van der Waals surface area (Å²) in [6.45, 7) is 1.55. The molecule has 0 aliphatic carbocycles. The number of carbonyl (C=O) groups is 1. The Morgan fingerprint density at radius 2 is 1.68 bits per heavy atom. The maximum absolute atomic E-state index is 13.3. The molecule has 2 amide bonds. The normalized spacial score (nSPS) is 19.3. The summed E-state index contributed by atoms with van der Waals surface area (Å²) in [5, 5.41) is 2.92. The molecular formula is C25H22F3N3O3. The van der Waals surface area contributed by atoms with Crippen molar-refractivity contribution >= 4 is 11.7 Å². The number of nitrogens with one attached hydrogen (secondary N) is 1. The van der Waals surface area contributed by atoms with Gasteiger partial charge >= 0.3 is 12.4 Å². The molecule has 5 rings (SSSR count). The first-order valence-corrected chi connectivity index (χ1v) is 11.0. The fraction of sp³-hybridized carbons (Fsp3) is 0.280. The van der Waals surface area contributed by atoms with E-state index < -0.39 is 6.36 Å². The lowest BCUT2D eigenvalue weighted by molar-refractivity contribution is -0.274. The summed E-state index contributed by atoms with van der Waals surface area (Å²) in [4.78, 5) is 27.9. The van der Waals surface area contributed by atoms with Gasteiger partial charge in [-0.3, -0.25) is 4.79 Å². The number of piperidine rings is 1. The van der Waals surface area contributed by atoms with Gasteiger partial charge in [-0.15, -0.1) is 13.2 Å². The van der Waals surface area contributed by atoms with E-state index in [0.717, 1.165) is 17.8 Å². The van der Waals surface area contributed by atoms with Crippen molar-refractivity contribution in [3.8, 4) is 16.9 Å². The van der Waals surface area contributed by atoms with Gasteiger partial charge in [0.2, 0.25) is 0 Å². The Morgan fingerprint density at radius 1 is 0.941 bits per heavy atom. The van der Waals surface area contributed by atoms with Gasteiger partial charge in [0.05, 0.1) is 0 Å². The number of halogens is 3. The Balaban J connectivity index is 1.36. The van der Waals surface area contributed by atoms with Gasteiger partial charge in [0.15, 0.2) is 0 Å². The smallest absolute Gasteiger partial charge is 0.406 e. The molecular weight excluding hydrogens is 447 g/mol. The van der Waals surface area contributed by atoms with Gasteiger partial charge in [-0.1, -0.05) is 30.3 Å². The Bertz CT molecular complexity index is 1260. The van der Waals surface area contributed by atoms with Crippen LogP contribution in [-0.2, 0) is 6.54 Å². The lowest BCUT2D eigenvalue weighted by Crippen LogP contribution is -2.50. The minimum Gasteiger partial charge on any atom is -0.406 e. The largest absolute Gasteiger partial charge is 0.573 e. The van der Waals surface area contributed by atoms with E-state index in [0.29, 0.717) is 30.8 Å². The zero-order chi connectivity index (χ0) is 23.9. The van der Waals surface area contributed by atoms with E-state index in [9.17, 15) is 22.8 Å². The Morgan fingerprint density at radius 3 is 2.38 bits per heavy atom. The van der Waals surface area contributed by atoms with E-state index in [-0.39, 0.29) is 29.2 Å². The predicted octanol–water partition coefficient (Wildman–Crippen LogP) is 5.07. The molecule has 1 saturated heterocycles. The number of benzene rings is 2. The first-order valence-electron chi connectivity index (χ1n) is 11.0. The number of hydrogen-bond donors (Lipinski definition) is 1. The highest BCUT2D eigenvalue weighted by molar-refractivity contribution is 5.89. The predicted molar refractivity (Wildman–Crippen MR) is 121 cm³/mol. The molecule has 3 heterocycles. The van der Waals surface area contributed by atoms with Gasteiger partial charge in [0.25, 0.3) is 5.56 Å². The molecule has 0 saturated carbocycles. The van der Waals surface area contributed by atoms with Gasteiger partial charge in [-0.25, -0.2) is 4.79 Å². The third-order valence-electron chi connectivity index (χ3n) is 6.32. The maximum Gasteiger partial charge on any atom is 0.573 e. The molecule has 176 valence electrons. The van der Waals surface area contributed by atoms with Crippen LogP contribution in [0.4, 0.5) is 23.7 Å². The first kappa shape index (κ1) is 22.1. The Labute approximate surface area is 193 Å². The van der Waals surface area contributed by atoms with Gasteiger partial charge in [0, 0.05) is 42.5 Å². The summed E-state index contributed by atoms with van der Waals surface area (Å²) >= 11 is 0. The van der Waals surface area contributed by atoms with Crippen molar-refractivity contribution < 1.29 is 22.7 Å². The Kier molecular flexibility index (Phi) is 5.55. The van der Waals surface area contributed by atoms with Crippen LogP contribution in [0.15, 0.2) is 71.5 Å². The van der Waals surface area contributed by atoms with Crippen molar-refractivity contribution in [2.45, 2.75) is 25.2 Å². The highest BCUT2D eigenvalue weighted by Gasteiger charge is 2.37. The second kappa shape index (κ2) is 8.55. The van der Waals surface area contributed by atoms with Gasteiger partial charge in [-0.2, -0.15) is 0 Å². The van der Waals surface area contributed by atoms with Gasteiger partial charge in [-0.05, 0) is 54.3 Å². The van der Waals surface area contributed by atoms with E-state index in [1.54, 1.807) is 15.5 Å². The van der Waals surface area contributed by atoms with Crippen LogP contribution in [0.2, 0.25) is 0 Å². The highest BCUT2D eigenvalue weighted by Crippen LogP contribution is 2.36. The van der Waals surface area contributed by atoms with Gasteiger partial charge < -0.3 is 19.5 Å². The van der Waals surface area contributed by atoms with Crippen molar-refractivity contribution in [2.75, 3.05) is 18.4 Å². The fourth-order valence-electron chi connectivity index (χ4n) is 4.89. The molecule has 3 aromatic rings. The number of aromatic nitrogens is 1. The molecule has 2 aliphatic rings. The number of rotatable bonds is 3. The molecule has 34 heavy (non-hydrogen) atoms. The molecule has 2 atom stereocenters. The summed E-state index contributed by atoms with van der Waals surface area (Å²) in [5.74, 6) is -0.153. The number of hydrogen-bond acceptors (Lipinski definition) is 3. The molecule has 2 bridgehead atoms. The van der Waals surface area contributed by atoms with Crippen molar-refractivity contribution in [2.24, 2.45) is 5.92 Å². The lowest BCUT2D eigenvalue weighted by atomic mass is 9.83.